The molecule has 0 spiro atoms. The Labute approximate surface area is 94.0 Å². The largest absolute Gasteiger partial charge is 0.452 e. The molecule has 0 aliphatic rings. The highest BCUT2D eigenvalue weighted by Gasteiger charge is 2.36. The number of halogens is 4. The van der Waals surface area contributed by atoms with Crippen LogP contribution < -0.4 is 4.90 Å². The van der Waals surface area contributed by atoms with E-state index >= 15 is 0 Å². The normalized spacial score (nSPS) is 14.0. The van der Waals surface area contributed by atoms with E-state index in [0.717, 1.165) is 0 Å². The van der Waals surface area contributed by atoms with Gasteiger partial charge in [-0.1, -0.05) is 0 Å². The van der Waals surface area contributed by atoms with E-state index in [4.69, 9.17) is 11.6 Å². The van der Waals surface area contributed by atoms with Crippen molar-refractivity contribution >= 4 is 28.3 Å². The molecule has 1 aromatic rings. The molecule has 15 heavy (non-hydrogen) atoms. The first-order chi connectivity index (χ1) is 6.80. The summed E-state index contributed by atoms with van der Waals surface area (Å²) in [5.41, 5.74) is 0. The van der Waals surface area contributed by atoms with Crippen LogP contribution in [-0.4, -0.2) is 28.3 Å². The maximum Gasteiger partial charge on any atom is 0.452 e. The van der Waals surface area contributed by atoms with Gasteiger partial charge in [-0.15, -0.1) is 11.6 Å². The lowest BCUT2D eigenvalue weighted by Crippen LogP contribution is -2.24. The van der Waals surface area contributed by atoms with E-state index in [2.05, 4.69) is 9.36 Å². The van der Waals surface area contributed by atoms with E-state index in [1.165, 1.54) is 0 Å². The third kappa shape index (κ3) is 3.49. The van der Waals surface area contributed by atoms with Gasteiger partial charge in [0.15, 0.2) is 0 Å². The summed E-state index contributed by atoms with van der Waals surface area (Å²) < 4.78 is 39.7. The molecule has 1 rings (SSSR count). The Morgan fingerprint density at radius 1 is 1.53 bits per heavy atom. The van der Waals surface area contributed by atoms with Gasteiger partial charge in [0.1, 0.15) is 0 Å². The average Bonchev–Trinajstić information content (AvgIpc) is 2.48. The van der Waals surface area contributed by atoms with Gasteiger partial charge >= 0.3 is 6.18 Å². The zero-order chi connectivity index (χ0) is 11.6. The number of anilines is 1. The summed E-state index contributed by atoms with van der Waals surface area (Å²) in [7, 11) is 1.62. The van der Waals surface area contributed by atoms with Gasteiger partial charge in [-0.05, 0) is 6.92 Å². The van der Waals surface area contributed by atoms with Crippen molar-refractivity contribution in [2.24, 2.45) is 0 Å². The van der Waals surface area contributed by atoms with E-state index in [0.29, 0.717) is 18.1 Å². The maximum absolute atomic E-state index is 12.2. The Morgan fingerprint density at radius 2 is 2.13 bits per heavy atom. The molecule has 0 N–H and O–H groups in total. The lowest BCUT2D eigenvalue weighted by Gasteiger charge is -2.15. The fourth-order valence-electron chi connectivity index (χ4n) is 0.941. The summed E-state index contributed by atoms with van der Waals surface area (Å²) >= 11 is 6.42. The molecule has 0 fully saturated rings. The highest BCUT2D eigenvalue weighted by atomic mass is 35.5. The van der Waals surface area contributed by atoms with Crippen LogP contribution in [0.5, 0.6) is 0 Å². The predicted molar refractivity (Wildman–Crippen MR) is 53.5 cm³/mol. The Morgan fingerprint density at radius 3 is 2.53 bits per heavy atom. The average molecular weight is 260 g/mol. The minimum absolute atomic E-state index is 0.159. The molecule has 0 aliphatic carbocycles. The van der Waals surface area contributed by atoms with Gasteiger partial charge in [0, 0.05) is 30.5 Å². The summed E-state index contributed by atoms with van der Waals surface area (Å²) in [6, 6.07) is 0. The fraction of sp³-hybridized carbons (Fsp3) is 0.714. The zero-order valence-corrected chi connectivity index (χ0v) is 9.62. The van der Waals surface area contributed by atoms with Gasteiger partial charge in [-0.25, -0.2) is 0 Å². The summed E-state index contributed by atoms with van der Waals surface area (Å²) in [5.74, 6) is -1.10. The molecular weight excluding hydrogens is 251 g/mol. The molecule has 8 heteroatoms. The van der Waals surface area contributed by atoms with E-state index in [-0.39, 0.29) is 10.5 Å². The number of hydrogen-bond acceptors (Lipinski definition) is 4. The van der Waals surface area contributed by atoms with Crippen molar-refractivity contribution in [1.82, 2.24) is 9.36 Å². The molecule has 0 aromatic carbocycles. The first-order valence-electron chi connectivity index (χ1n) is 4.07. The minimum atomic E-state index is -4.48. The summed E-state index contributed by atoms with van der Waals surface area (Å²) in [4.78, 5) is 4.93. The molecule has 86 valence electrons. The quantitative estimate of drug-likeness (QED) is 0.782. The summed E-state index contributed by atoms with van der Waals surface area (Å²) in [6.07, 6.45) is -4.48. The van der Waals surface area contributed by atoms with Crippen LogP contribution in [0.4, 0.5) is 18.3 Å². The number of rotatable bonds is 3. The van der Waals surface area contributed by atoms with Crippen molar-refractivity contribution in [3.05, 3.63) is 5.82 Å². The lowest BCUT2D eigenvalue weighted by molar-refractivity contribution is -0.144. The molecule has 1 aromatic heterocycles. The van der Waals surface area contributed by atoms with Gasteiger partial charge in [0.05, 0.1) is 0 Å². The molecule has 1 unspecified atom stereocenters. The van der Waals surface area contributed by atoms with Crippen LogP contribution in [0.15, 0.2) is 0 Å². The van der Waals surface area contributed by atoms with Gasteiger partial charge in [-0.3, -0.25) is 0 Å². The fourth-order valence-corrected chi connectivity index (χ4v) is 1.80. The number of alkyl halides is 4. The number of aromatic nitrogens is 2. The van der Waals surface area contributed by atoms with E-state index < -0.39 is 12.0 Å². The third-order valence-corrected chi connectivity index (χ3v) is 2.49. The predicted octanol–water partition coefficient (Wildman–Crippen LogP) is 2.62. The molecule has 0 bridgehead atoms. The van der Waals surface area contributed by atoms with Crippen LogP contribution in [0, 0.1) is 0 Å². The Balaban J connectivity index is 2.76. The molecule has 0 amide bonds. The minimum Gasteiger partial charge on any atom is -0.348 e. The van der Waals surface area contributed by atoms with Crippen LogP contribution in [0.25, 0.3) is 0 Å². The highest BCUT2D eigenvalue weighted by molar-refractivity contribution is 7.09. The van der Waals surface area contributed by atoms with Gasteiger partial charge in [-0.2, -0.15) is 22.5 Å². The van der Waals surface area contributed by atoms with Crippen molar-refractivity contribution in [1.29, 1.82) is 0 Å². The monoisotopic (exact) mass is 259 g/mol. The van der Waals surface area contributed by atoms with Gasteiger partial charge in [0.2, 0.25) is 11.0 Å². The van der Waals surface area contributed by atoms with E-state index in [9.17, 15) is 13.2 Å². The van der Waals surface area contributed by atoms with Crippen molar-refractivity contribution in [3.8, 4) is 0 Å². The first-order valence-corrected chi connectivity index (χ1v) is 5.28. The lowest BCUT2D eigenvalue weighted by atomic mass is 10.4. The second kappa shape index (κ2) is 4.52. The molecule has 1 atom stereocenters. The molecular formula is C7H9ClF3N3S. The third-order valence-electron chi connectivity index (χ3n) is 1.52. The SMILES string of the molecule is CC(Cl)CN(C)c1nc(C(F)(F)F)ns1. The second-order valence-electron chi connectivity index (χ2n) is 3.06. The zero-order valence-electron chi connectivity index (χ0n) is 8.05. The van der Waals surface area contributed by atoms with Crippen LogP contribution in [0.1, 0.15) is 12.7 Å². The van der Waals surface area contributed by atoms with Crippen LogP contribution in [-0.2, 0) is 6.18 Å². The Bertz CT molecular complexity index is 326. The van der Waals surface area contributed by atoms with E-state index in [1.807, 2.05) is 0 Å². The topological polar surface area (TPSA) is 29.0 Å². The molecule has 0 saturated heterocycles. The number of hydrogen-bond donors (Lipinski definition) is 0. The van der Waals surface area contributed by atoms with Crippen molar-refractivity contribution in [3.63, 3.8) is 0 Å². The smallest absolute Gasteiger partial charge is 0.348 e. The second-order valence-corrected chi connectivity index (χ2v) is 4.53. The maximum atomic E-state index is 12.2. The summed E-state index contributed by atoms with van der Waals surface area (Å²) in [5, 5.41) is 0.0584. The van der Waals surface area contributed by atoms with Crippen LogP contribution in [0.2, 0.25) is 0 Å². The van der Waals surface area contributed by atoms with Gasteiger partial charge in [0.25, 0.3) is 0 Å². The van der Waals surface area contributed by atoms with Gasteiger partial charge < -0.3 is 4.90 Å². The highest BCUT2D eigenvalue weighted by Crippen LogP contribution is 2.29. The summed E-state index contributed by atoms with van der Waals surface area (Å²) in [6.45, 7) is 2.18. The first kappa shape index (κ1) is 12.5. The molecule has 3 nitrogen and oxygen atoms in total. The van der Waals surface area contributed by atoms with Crippen molar-refractivity contribution in [2.45, 2.75) is 18.5 Å². The molecule has 0 aliphatic heterocycles. The Kier molecular flexibility index (Phi) is 3.77. The van der Waals surface area contributed by atoms with E-state index in [1.54, 1.807) is 18.9 Å². The van der Waals surface area contributed by atoms with Crippen molar-refractivity contribution in [2.75, 3.05) is 18.5 Å². The molecule has 0 radical (unpaired) electrons. The Hall–Kier alpha value is -0.560. The standard InChI is InChI=1S/C7H9ClF3N3S/c1-4(8)3-14(2)6-12-5(13-15-6)7(9,10)11/h4H,3H2,1-2H3. The van der Waals surface area contributed by atoms with Crippen molar-refractivity contribution < 1.29 is 13.2 Å². The molecule has 1 heterocycles. The van der Waals surface area contributed by atoms with Crippen LogP contribution in [0.3, 0.4) is 0 Å². The molecule has 0 saturated carbocycles. The number of nitrogens with zero attached hydrogens (tertiary/aromatic N) is 3. The van der Waals surface area contributed by atoms with Crippen LogP contribution >= 0.6 is 23.1 Å².